The predicted octanol–water partition coefficient (Wildman–Crippen LogP) is 4.99. The maximum absolute atomic E-state index is 13.7. The van der Waals surface area contributed by atoms with E-state index in [-0.39, 0.29) is 24.2 Å². The molecule has 0 bridgehead atoms. The van der Waals surface area contributed by atoms with E-state index < -0.39 is 6.43 Å². The van der Waals surface area contributed by atoms with Crippen LogP contribution in [0.25, 0.3) is 16.9 Å². The number of hydrogen-bond donors (Lipinski definition) is 3. The van der Waals surface area contributed by atoms with Gasteiger partial charge in [-0.2, -0.15) is 0 Å². The van der Waals surface area contributed by atoms with Gasteiger partial charge in [-0.15, -0.1) is 0 Å². The van der Waals surface area contributed by atoms with Gasteiger partial charge in [0.1, 0.15) is 11.5 Å². The van der Waals surface area contributed by atoms with Crippen LogP contribution >= 0.6 is 0 Å². The molecule has 1 amide bonds. The fourth-order valence-corrected chi connectivity index (χ4v) is 5.33. The lowest BCUT2D eigenvalue weighted by atomic mass is 9.93. The molecule has 196 valence electrons. The number of aromatic nitrogens is 2. The molecule has 1 atom stereocenters. The summed E-state index contributed by atoms with van der Waals surface area (Å²) in [6, 6.07) is 12.4. The Labute approximate surface area is 217 Å². The number of carbonyl (C=O) groups excluding carboxylic acids is 1. The lowest BCUT2D eigenvalue weighted by Crippen LogP contribution is -2.22. The van der Waals surface area contributed by atoms with E-state index in [4.69, 9.17) is 4.74 Å². The maximum atomic E-state index is 13.7. The Balaban J connectivity index is 1.34. The van der Waals surface area contributed by atoms with Crippen molar-refractivity contribution >= 4 is 22.9 Å². The fourth-order valence-electron chi connectivity index (χ4n) is 5.33. The van der Waals surface area contributed by atoms with Crippen LogP contribution in [0.15, 0.2) is 54.9 Å². The van der Waals surface area contributed by atoms with Gasteiger partial charge in [0.05, 0.1) is 36.3 Å². The van der Waals surface area contributed by atoms with Gasteiger partial charge in [0.15, 0.2) is 0 Å². The van der Waals surface area contributed by atoms with Crippen molar-refractivity contribution in [2.75, 3.05) is 25.1 Å². The first-order valence-electron chi connectivity index (χ1n) is 12.5. The van der Waals surface area contributed by atoms with Crippen molar-refractivity contribution < 1.29 is 22.7 Å². The van der Waals surface area contributed by atoms with Crippen LogP contribution in [-0.4, -0.2) is 41.5 Å². The first kappa shape index (κ1) is 24.4. The van der Waals surface area contributed by atoms with Gasteiger partial charge < -0.3 is 20.7 Å². The van der Waals surface area contributed by atoms with E-state index in [1.54, 1.807) is 16.8 Å². The highest BCUT2D eigenvalue weighted by molar-refractivity contribution is 6.06. The molecule has 2 aromatic carbocycles. The molecule has 3 N–H and O–H groups in total. The molecule has 2 aliphatic heterocycles. The zero-order chi connectivity index (χ0) is 26.2. The minimum absolute atomic E-state index is 0.192. The van der Waals surface area contributed by atoms with Gasteiger partial charge in [0, 0.05) is 49.1 Å². The summed E-state index contributed by atoms with van der Waals surface area (Å²) in [7, 11) is 0. The van der Waals surface area contributed by atoms with E-state index in [2.05, 4.69) is 20.9 Å². The average Bonchev–Trinajstić information content (AvgIpc) is 3.65. The number of halogens is 3. The first-order valence-corrected chi connectivity index (χ1v) is 12.5. The van der Waals surface area contributed by atoms with Crippen LogP contribution < -0.4 is 16.0 Å². The van der Waals surface area contributed by atoms with Crippen molar-refractivity contribution in [3.63, 3.8) is 0 Å². The van der Waals surface area contributed by atoms with Crippen molar-refractivity contribution in [1.82, 2.24) is 20.0 Å². The minimum atomic E-state index is -2.43. The van der Waals surface area contributed by atoms with E-state index >= 15 is 0 Å². The largest absolute Gasteiger partial charge is 0.381 e. The normalized spacial score (nSPS) is 16.8. The van der Waals surface area contributed by atoms with Gasteiger partial charge in [0.2, 0.25) is 0 Å². The van der Waals surface area contributed by atoms with Crippen LogP contribution in [0, 0.1) is 5.82 Å². The Hall–Kier alpha value is -3.89. The second-order valence-corrected chi connectivity index (χ2v) is 9.53. The lowest BCUT2D eigenvalue weighted by molar-refractivity contribution is 0.0966. The van der Waals surface area contributed by atoms with Crippen molar-refractivity contribution in [3.8, 4) is 11.3 Å². The van der Waals surface area contributed by atoms with Crippen molar-refractivity contribution in [2.24, 2.45) is 0 Å². The number of alkyl halides is 2. The third-order valence-corrected chi connectivity index (χ3v) is 7.12. The van der Waals surface area contributed by atoms with Crippen molar-refractivity contribution in [3.05, 3.63) is 82.9 Å². The number of ether oxygens (including phenoxy) is 1. The Morgan fingerprint density at radius 1 is 1.18 bits per heavy atom. The monoisotopic (exact) mass is 521 g/mol. The molecule has 1 saturated heterocycles. The number of nitrogens with zero attached hydrogens (tertiary/aromatic N) is 2. The molecular weight excluding hydrogens is 495 g/mol. The number of nitrogens with one attached hydrogen (secondary N) is 3. The molecule has 0 aliphatic carbocycles. The van der Waals surface area contributed by atoms with Crippen LogP contribution in [0.5, 0.6) is 0 Å². The highest BCUT2D eigenvalue weighted by Crippen LogP contribution is 2.36. The van der Waals surface area contributed by atoms with Crippen molar-refractivity contribution in [1.29, 1.82) is 0 Å². The number of rotatable bonds is 8. The van der Waals surface area contributed by atoms with Crippen LogP contribution in [-0.2, 0) is 17.8 Å². The molecule has 4 aromatic rings. The molecule has 38 heavy (non-hydrogen) atoms. The van der Waals surface area contributed by atoms with Gasteiger partial charge in [-0.3, -0.25) is 9.20 Å². The Morgan fingerprint density at radius 3 is 2.89 bits per heavy atom. The second-order valence-electron chi connectivity index (χ2n) is 9.53. The van der Waals surface area contributed by atoms with E-state index in [1.165, 1.54) is 12.1 Å². The molecule has 2 aliphatic rings. The molecule has 4 heterocycles. The second kappa shape index (κ2) is 10.1. The standard InChI is InChI=1S/C28H26F3N5O2/c29-18-5-7-36-24(13-33-26(36)10-18)21-3-4-23(27-22(21)12-34-28(27)37)35-19-1-2-20(16-6-8-38-15-16)17(9-19)11-32-14-25(30)31/h1-5,7,9-10,13,16,25,32,35H,6,8,11-12,14-15H2,(H,34,37)/t16-/m1/s1. The molecule has 7 nitrogen and oxygen atoms in total. The third kappa shape index (κ3) is 4.61. The summed E-state index contributed by atoms with van der Waals surface area (Å²) in [5.41, 5.74) is 6.82. The summed E-state index contributed by atoms with van der Waals surface area (Å²) >= 11 is 0. The van der Waals surface area contributed by atoms with Gasteiger partial charge >= 0.3 is 0 Å². The SMILES string of the molecule is O=C1NCc2c(-c3cnc4cc(F)ccn34)ccc(Nc3ccc([C@@H]4CCOC4)c(CNCC(F)F)c3)c21. The number of anilines is 2. The van der Waals surface area contributed by atoms with E-state index in [1.807, 2.05) is 30.3 Å². The molecule has 10 heteroatoms. The fraction of sp³-hybridized carbons (Fsp3) is 0.286. The molecule has 1 fully saturated rings. The van der Waals surface area contributed by atoms with Crippen LogP contribution in [0.3, 0.4) is 0 Å². The van der Waals surface area contributed by atoms with Gasteiger partial charge in [-0.25, -0.2) is 18.2 Å². The number of pyridine rings is 1. The third-order valence-electron chi connectivity index (χ3n) is 7.12. The number of amides is 1. The Morgan fingerprint density at radius 2 is 2.08 bits per heavy atom. The molecular formula is C28H26F3N5O2. The quantitative estimate of drug-likeness (QED) is 0.305. The van der Waals surface area contributed by atoms with Crippen LogP contribution in [0.2, 0.25) is 0 Å². The number of fused-ring (bicyclic) bond motifs is 2. The highest BCUT2D eigenvalue weighted by Gasteiger charge is 2.27. The van der Waals surface area contributed by atoms with E-state index in [0.29, 0.717) is 43.2 Å². The van der Waals surface area contributed by atoms with Crippen molar-refractivity contribution in [2.45, 2.75) is 31.9 Å². The smallest absolute Gasteiger partial charge is 0.254 e. The number of hydrogen-bond acceptors (Lipinski definition) is 5. The Bertz CT molecular complexity index is 1510. The number of benzene rings is 2. The summed E-state index contributed by atoms with van der Waals surface area (Å²) in [5.74, 6) is -0.338. The lowest BCUT2D eigenvalue weighted by Gasteiger charge is -2.18. The maximum Gasteiger partial charge on any atom is 0.254 e. The molecule has 2 aromatic heterocycles. The van der Waals surface area contributed by atoms with E-state index in [9.17, 15) is 18.0 Å². The summed E-state index contributed by atoms with van der Waals surface area (Å²) in [6.07, 6.45) is 1.75. The van der Waals surface area contributed by atoms with Gasteiger partial charge in [0.25, 0.3) is 12.3 Å². The zero-order valence-corrected chi connectivity index (χ0v) is 20.4. The molecule has 0 radical (unpaired) electrons. The minimum Gasteiger partial charge on any atom is -0.381 e. The Kier molecular flexibility index (Phi) is 6.50. The van der Waals surface area contributed by atoms with Gasteiger partial charge in [-0.05, 0) is 47.4 Å². The number of imidazole rings is 1. The first-order chi connectivity index (χ1) is 18.5. The molecule has 0 unspecified atom stereocenters. The zero-order valence-electron chi connectivity index (χ0n) is 20.4. The number of carbonyl (C=O) groups is 1. The summed E-state index contributed by atoms with van der Waals surface area (Å²) < 4.78 is 46.5. The molecule has 6 rings (SSSR count). The van der Waals surface area contributed by atoms with Crippen LogP contribution in [0.4, 0.5) is 24.5 Å². The van der Waals surface area contributed by atoms with Crippen LogP contribution in [0.1, 0.15) is 39.4 Å². The summed E-state index contributed by atoms with van der Waals surface area (Å²) in [4.78, 5) is 17.2. The van der Waals surface area contributed by atoms with Gasteiger partial charge in [-0.1, -0.05) is 12.1 Å². The summed E-state index contributed by atoms with van der Waals surface area (Å²) in [5, 5.41) is 9.10. The topological polar surface area (TPSA) is 79.7 Å². The predicted molar refractivity (Wildman–Crippen MR) is 137 cm³/mol. The highest BCUT2D eigenvalue weighted by atomic mass is 19.3. The molecule has 0 spiro atoms. The van der Waals surface area contributed by atoms with E-state index in [0.717, 1.165) is 40.1 Å². The molecule has 0 saturated carbocycles. The summed E-state index contributed by atoms with van der Waals surface area (Å²) in [6.45, 7) is 1.57. The average molecular weight is 522 g/mol.